The standard InChI is InChI=1S/C10H8N2O3S.C10H20N2O2/c13-8-6-4-2-1-3-5(4)16-9(6)12-7(11-8)10(14)15;1-10(2,3)14-9(13)12-5-4-8(6-11)7-12/h1-3H2,(H,14,15)(H,11,12,13);8H,4-7,11H2,1-3H3/t;8-/m.1/s1. The minimum atomic E-state index is -1.20. The Balaban J connectivity index is 0.000000173. The number of hydrogen-bond acceptors (Lipinski definition) is 7. The Morgan fingerprint density at radius 1 is 1.37 bits per heavy atom. The second kappa shape index (κ2) is 8.73. The number of nitrogens with one attached hydrogen (secondary N) is 1. The number of thiophene rings is 1. The van der Waals surface area contributed by atoms with Gasteiger partial charge in [0.2, 0.25) is 5.82 Å². The molecule has 0 spiro atoms. The van der Waals surface area contributed by atoms with Crippen LogP contribution in [0.5, 0.6) is 0 Å². The number of carbonyl (C=O) groups excluding carboxylic acids is 1. The molecule has 164 valence electrons. The SMILES string of the molecule is CC(C)(C)OC(=O)N1CC[C@H](CN)C1.O=C(O)c1nc2sc3c(c2c(=O)[nH]1)CCC3. The van der Waals surface area contributed by atoms with E-state index >= 15 is 0 Å². The number of carboxylic acids is 1. The van der Waals surface area contributed by atoms with Crippen molar-refractivity contribution in [2.75, 3.05) is 19.6 Å². The number of carbonyl (C=O) groups is 2. The number of aromatic nitrogens is 2. The number of carboxylic acid groups (broad SMARTS) is 1. The van der Waals surface area contributed by atoms with Crippen molar-refractivity contribution in [3.05, 3.63) is 26.6 Å². The highest BCUT2D eigenvalue weighted by molar-refractivity contribution is 7.18. The summed E-state index contributed by atoms with van der Waals surface area (Å²) in [5.41, 5.74) is 5.87. The normalized spacial score (nSPS) is 18.1. The predicted octanol–water partition coefficient (Wildman–Crippen LogP) is 2.37. The highest BCUT2D eigenvalue weighted by Crippen LogP contribution is 2.34. The molecular formula is C20H28N4O5S. The van der Waals surface area contributed by atoms with E-state index in [0.29, 0.717) is 22.7 Å². The molecule has 2 aromatic heterocycles. The maximum Gasteiger partial charge on any atom is 0.410 e. The lowest BCUT2D eigenvalue weighted by atomic mass is 10.1. The number of ether oxygens (including phenoxy) is 1. The molecule has 1 aliphatic carbocycles. The maximum atomic E-state index is 11.8. The monoisotopic (exact) mass is 436 g/mol. The summed E-state index contributed by atoms with van der Waals surface area (Å²) in [5, 5.41) is 9.37. The Labute approximate surface area is 178 Å². The third-order valence-electron chi connectivity index (χ3n) is 5.05. The van der Waals surface area contributed by atoms with Gasteiger partial charge < -0.3 is 25.5 Å². The summed E-state index contributed by atoms with van der Waals surface area (Å²) >= 11 is 1.44. The van der Waals surface area contributed by atoms with Gasteiger partial charge in [0.15, 0.2) is 0 Å². The third-order valence-corrected chi connectivity index (χ3v) is 6.23. The molecule has 1 aliphatic heterocycles. The molecule has 0 radical (unpaired) electrons. The van der Waals surface area contributed by atoms with Gasteiger partial charge in [0.25, 0.3) is 5.56 Å². The first kappa shape index (κ1) is 22.2. The van der Waals surface area contributed by atoms with Gasteiger partial charge in [0.1, 0.15) is 10.4 Å². The average molecular weight is 437 g/mol. The van der Waals surface area contributed by atoms with Gasteiger partial charge in [-0.1, -0.05) is 0 Å². The molecule has 9 nitrogen and oxygen atoms in total. The quantitative estimate of drug-likeness (QED) is 0.657. The Hall–Kier alpha value is -2.46. The van der Waals surface area contributed by atoms with Crippen molar-refractivity contribution in [1.29, 1.82) is 0 Å². The van der Waals surface area contributed by atoms with E-state index < -0.39 is 11.6 Å². The van der Waals surface area contributed by atoms with Crippen molar-refractivity contribution in [3.63, 3.8) is 0 Å². The van der Waals surface area contributed by atoms with Crippen LogP contribution in [0.25, 0.3) is 10.2 Å². The Morgan fingerprint density at radius 2 is 2.10 bits per heavy atom. The fourth-order valence-electron chi connectivity index (χ4n) is 3.62. The minimum Gasteiger partial charge on any atom is -0.475 e. The first-order valence-electron chi connectivity index (χ1n) is 10.0. The van der Waals surface area contributed by atoms with Crippen molar-refractivity contribution in [2.45, 2.75) is 52.1 Å². The molecule has 0 aromatic carbocycles. The van der Waals surface area contributed by atoms with E-state index in [2.05, 4.69) is 9.97 Å². The number of aromatic carboxylic acids is 1. The van der Waals surface area contributed by atoms with Crippen LogP contribution in [-0.2, 0) is 17.6 Å². The summed E-state index contributed by atoms with van der Waals surface area (Å²) < 4.78 is 5.26. The highest BCUT2D eigenvalue weighted by Gasteiger charge is 2.28. The highest BCUT2D eigenvalue weighted by atomic mass is 32.1. The molecule has 4 N–H and O–H groups in total. The molecule has 1 fully saturated rings. The van der Waals surface area contributed by atoms with Gasteiger partial charge >= 0.3 is 12.1 Å². The summed E-state index contributed by atoms with van der Waals surface area (Å²) in [5.74, 6) is -1.03. The van der Waals surface area contributed by atoms with E-state index in [1.165, 1.54) is 16.2 Å². The van der Waals surface area contributed by atoms with Gasteiger partial charge in [-0.2, -0.15) is 0 Å². The molecule has 1 saturated heterocycles. The summed E-state index contributed by atoms with van der Waals surface area (Å²) in [6.07, 6.45) is 3.71. The van der Waals surface area contributed by atoms with Crippen LogP contribution in [-0.4, -0.2) is 57.3 Å². The number of nitrogens with zero attached hydrogens (tertiary/aromatic N) is 2. The van der Waals surface area contributed by atoms with Crippen LogP contribution in [0.15, 0.2) is 4.79 Å². The number of H-pyrrole nitrogens is 1. The number of nitrogens with two attached hydrogens (primary N) is 1. The number of aromatic amines is 1. The number of likely N-dealkylation sites (tertiary alicyclic amines) is 1. The number of amides is 1. The van der Waals surface area contributed by atoms with E-state index in [4.69, 9.17) is 15.6 Å². The molecule has 1 amide bonds. The Bertz CT molecular complexity index is 1010. The number of hydrogen-bond donors (Lipinski definition) is 3. The lowest BCUT2D eigenvalue weighted by Gasteiger charge is -2.24. The van der Waals surface area contributed by atoms with Gasteiger partial charge in [0, 0.05) is 18.0 Å². The zero-order valence-corrected chi connectivity index (χ0v) is 18.3. The van der Waals surface area contributed by atoms with Gasteiger partial charge in [-0.05, 0) is 64.5 Å². The van der Waals surface area contributed by atoms with Crippen molar-refractivity contribution < 1.29 is 19.4 Å². The second-order valence-corrected chi connectivity index (χ2v) is 9.66. The molecule has 3 heterocycles. The first-order valence-corrected chi connectivity index (χ1v) is 10.9. The van der Waals surface area contributed by atoms with Crippen molar-refractivity contribution in [1.82, 2.24) is 14.9 Å². The fourth-order valence-corrected chi connectivity index (χ4v) is 4.88. The van der Waals surface area contributed by atoms with Crippen LogP contribution >= 0.6 is 11.3 Å². The molecule has 10 heteroatoms. The fraction of sp³-hybridized carbons (Fsp3) is 0.600. The molecule has 2 aromatic rings. The molecule has 30 heavy (non-hydrogen) atoms. The largest absolute Gasteiger partial charge is 0.475 e. The van der Waals surface area contributed by atoms with Crippen molar-refractivity contribution in [3.8, 4) is 0 Å². The lowest BCUT2D eigenvalue weighted by Crippen LogP contribution is -2.35. The van der Waals surface area contributed by atoms with Crippen molar-refractivity contribution >= 4 is 33.6 Å². The van der Waals surface area contributed by atoms with Gasteiger partial charge in [-0.15, -0.1) is 11.3 Å². The van der Waals surface area contributed by atoms with E-state index in [-0.39, 0.29) is 17.5 Å². The van der Waals surface area contributed by atoms with E-state index in [0.717, 1.165) is 44.3 Å². The summed E-state index contributed by atoms with van der Waals surface area (Å²) in [4.78, 5) is 43.8. The summed E-state index contributed by atoms with van der Waals surface area (Å²) in [6.45, 7) is 7.80. The van der Waals surface area contributed by atoms with E-state index in [1.54, 1.807) is 4.90 Å². The molecule has 4 rings (SSSR count). The second-order valence-electron chi connectivity index (χ2n) is 8.57. The smallest absolute Gasteiger partial charge is 0.410 e. The lowest BCUT2D eigenvalue weighted by molar-refractivity contribution is 0.0288. The van der Waals surface area contributed by atoms with Crippen LogP contribution in [0.2, 0.25) is 0 Å². The maximum absolute atomic E-state index is 11.8. The Morgan fingerprint density at radius 3 is 2.70 bits per heavy atom. The van der Waals surface area contributed by atoms with Crippen LogP contribution in [0.1, 0.15) is 54.7 Å². The minimum absolute atomic E-state index is 0.214. The summed E-state index contributed by atoms with van der Waals surface area (Å²) in [7, 11) is 0. The van der Waals surface area contributed by atoms with Gasteiger partial charge in [-0.3, -0.25) is 4.79 Å². The predicted molar refractivity (Wildman–Crippen MR) is 114 cm³/mol. The molecular weight excluding hydrogens is 408 g/mol. The van der Waals surface area contributed by atoms with Crippen molar-refractivity contribution in [2.24, 2.45) is 11.7 Å². The number of aryl methyl sites for hydroxylation is 2. The zero-order chi connectivity index (χ0) is 22.1. The van der Waals surface area contributed by atoms with Crippen LogP contribution in [0.4, 0.5) is 4.79 Å². The Kier molecular flexibility index (Phi) is 6.47. The topological polar surface area (TPSA) is 139 Å². The van der Waals surface area contributed by atoms with Crippen LogP contribution in [0, 0.1) is 5.92 Å². The van der Waals surface area contributed by atoms with Crippen LogP contribution < -0.4 is 11.3 Å². The molecule has 0 saturated carbocycles. The van der Waals surface area contributed by atoms with E-state index in [1.807, 2.05) is 20.8 Å². The van der Waals surface area contributed by atoms with Crippen LogP contribution in [0.3, 0.4) is 0 Å². The molecule has 2 aliphatic rings. The molecule has 0 bridgehead atoms. The molecule has 1 atom stereocenters. The number of rotatable bonds is 2. The van der Waals surface area contributed by atoms with E-state index in [9.17, 15) is 14.4 Å². The van der Waals surface area contributed by atoms with Gasteiger partial charge in [0.05, 0.1) is 5.39 Å². The average Bonchev–Trinajstić information content (AvgIpc) is 3.35. The van der Waals surface area contributed by atoms with Gasteiger partial charge in [-0.25, -0.2) is 14.6 Å². The first-order chi connectivity index (χ1) is 14.1. The molecule has 0 unspecified atom stereocenters. The zero-order valence-electron chi connectivity index (χ0n) is 17.5. The number of fused-ring (bicyclic) bond motifs is 3. The third kappa shape index (κ3) is 4.99. The summed E-state index contributed by atoms with van der Waals surface area (Å²) in [6, 6.07) is 0.